The van der Waals surface area contributed by atoms with Crippen molar-refractivity contribution in [2.24, 2.45) is 11.7 Å². The van der Waals surface area contributed by atoms with E-state index in [0.717, 1.165) is 12.1 Å². The molecule has 1 aromatic heterocycles. The first-order valence-corrected chi connectivity index (χ1v) is 5.97. The molecule has 0 fully saturated rings. The number of nitrogens with zero attached hydrogens (tertiary/aromatic N) is 2. The van der Waals surface area contributed by atoms with E-state index in [1.54, 1.807) is 6.20 Å². The molecule has 94 valence electrons. The molecule has 1 amide bonds. The molecule has 0 bridgehead atoms. The Morgan fingerprint density at radius 3 is 2.82 bits per heavy atom. The van der Waals surface area contributed by atoms with Gasteiger partial charge in [-0.3, -0.25) is 9.69 Å². The minimum absolute atomic E-state index is 0.239. The molecule has 0 unspecified atom stereocenters. The van der Waals surface area contributed by atoms with Crippen molar-refractivity contribution in [3.63, 3.8) is 0 Å². The summed E-state index contributed by atoms with van der Waals surface area (Å²) in [5, 5.41) is 0.478. The molecule has 2 N–H and O–H groups in total. The molecule has 0 aromatic carbocycles. The summed E-state index contributed by atoms with van der Waals surface area (Å²) >= 11 is 5.99. The second-order valence-corrected chi connectivity index (χ2v) is 4.84. The van der Waals surface area contributed by atoms with Crippen molar-refractivity contribution >= 4 is 17.5 Å². The number of rotatable bonds is 6. The molecule has 17 heavy (non-hydrogen) atoms. The Morgan fingerprint density at radius 1 is 1.59 bits per heavy atom. The molecule has 1 rings (SSSR count). The van der Waals surface area contributed by atoms with Crippen LogP contribution in [0.25, 0.3) is 0 Å². The van der Waals surface area contributed by atoms with Crippen LogP contribution in [0.3, 0.4) is 0 Å². The highest BCUT2D eigenvalue weighted by atomic mass is 35.5. The van der Waals surface area contributed by atoms with E-state index in [0.29, 0.717) is 17.6 Å². The molecule has 0 aliphatic heterocycles. The first-order valence-electron chi connectivity index (χ1n) is 5.59. The lowest BCUT2D eigenvalue weighted by Gasteiger charge is -2.22. The lowest BCUT2D eigenvalue weighted by molar-refractivity contribution is -0.119. The maximum Gasteiger partial charge on any atom is 0.231 e. The number of nitrogens with two attached hydrogens (primary N) is 1. The van der Waals surface area contributed by atoms with Crippen LogP contribution in [-0.2, 0) is 11.3 Å². The highest BCUT2D eigenvalue weighted by Crippen LogP contribution is 2.14. The van der Waals surface area contributed by atoms with E-state index in [4.69, 9.17) is 17.3 Å². The van der Waals surface area contributed by atoms with Gasteiger partial charge in [0.25, 0.3) is 0 Å². The maximum absolute atomic E-state index is 11.0. The topological polar surface area (TPSA) is 59.2 Å². The zero-order chi connectivity index (χ0) is 12.8. The van der Waals surface area contributed by atoms with Crippen molar-refractivity contribution < 1.29 is 4.79 Å². The van der Waals surface area contributed by atoms with Crippen molar-refractivity contribution in [1.82, 2.24) is 9.88 Å². The SMILES string of the molecule is CC(C)CN(CC(N)=O)Cc1cccnc1Cl. The Kier molecular flexibility index (Phi) is 5.38. The van der Waals surface area contributed by atoms with Gasteiger partial charge in [-0.1, -0.05) is 31.5 Å². The smallest absolute Gasteiger partial charge is 0.231 e. The van der Waals surface area contributed by atoms with E-state index in [2.05, 4.69) is 18.8 Å². The third-order valence-electron chi connectivity index (χ3n) is 2.23. The summed E-state index contributed by atoms with van der Waals surface area (Å²) in [6, 6.07) is 3.74. The van der Waals surface area contributed by atoms with Crippen LogP contribution in [0.2, 0.25) is 5.15 Å². The fraction of sp³-hybridized carbons (Fsp3) is 0.500. The second-order valence-electron chi connectivity index (χ2n) is 4.48. The van der Waals surface area contributed by atoms with Crippen LogP contribution in [0.5, 0.6) is 0 Å². The number of hydrogen-bond donors (Lipinski definition) is 1. The number of amides is 1. The van der Waals surface area contributed by atoms with Gasteiger partial charge in [0.15, 0.2) is 0 Å². The lowest BCUT2D eigenvalue weighted by atomic mass is 10.2. The van der Waals surface area contributed by atoms with E-state index in [-0.39, 0.29) is 12.5 Å². The summed E-state index contributed by atoms with van der Waals surface area (Å²) in [6.07, 6.45) is 1.65. The van der Waals surface area contributed by atoms with E-state index < -0.39 is 0 Å². The Hall–Kier alpha value is -1.13. The van der Waals surface area contributed by atoms with Gasteiger partial charge in [-0.2, -0.15) is 0 Å². The van der Waals surface area contributed by atoms with Crippen molar-refractivity contribution in [3.8, 4) is 0 Å². The number of carbonyl (C=O) groups excluding carboxylic acids is 1. The standard InChI is InChI=1S/C12H18ClN3O/c1-9(2)6-16(8-11(14)17)7-10-4-3-5-15-12(10)13/h3-5,9H,6-8H2,1-2H3,(H2,14,17). The summed E-state index contributed by atoms with van der Waals surface area (Å²) in [4.78, 5) is 17.0. The van der Waals surface area contributed by atoms with Crippen LogP contribution in [0.4, 0.5) is 0 Å². The molecular weight excluding hydrogens is 238 g/mol. The van der Waals surface area contributed by atoms with Crippen molar-refractivity contribution in [2.45, 2.75) is 20.4 Å². The molecule has 0 radical (unpaired) electrons. The van der Waals surface area contributed by atoms with Gasteiger partial charge < -0.3 is 5.73 Å². The Bertz CT molecular complexity index is 382. The molecule has 0 aliphatic carbocycles. The number of hydrogen-bond acceptors (Lipinski definition) is 3. The van der Waals surface area contributed by atoms with E-state index in [9.17, 15) is 4.79 Å². The molecule has 0 atom stereocenters. The summed E-state index contributed by atoms with van der Waals surface area (Å²) in [6.45, 7) is 5.82. The van der Waals surface area contributed by atoms with Crippen molar-refractivity contribution in [2.75, 3.05) is 13.1 Å². The zero-order valence-corrected chi connectivity index (χ0v) is 10.9. The first kappa shape index (κ1) is 13.9. The minimum atomic E-state index is -0.328. The van der Waals surface area contributed by atoms with E-state index in [1.165, 1.54) is 0 Å². The molecule has 0 spiro atoms. The predicted octanol–water partition coefficient (Wildman–Crippen LogP) is 1.68. The lowest BCUT2D eigenvalue weighted by Crippen LogP contribution is -2.35. The quantitative estimate of drug-likeness (QED) is 0.787. The molecule has 0 saturated carbocycles. The number of carbonyl (C=O) groups is 1. The fourth-order valence-electron chi connectivity index (χ4n) is 1.70. The zero-order valence-electron chi connectivity index (χ0n) is 10.2. The Balaban J connectivity index is 2.71. The van der Waals surface area contributed by atoms with Crippen LogP contribution < -0.4 is 5.73 Å². The monoisotopic (exact) mass is 255 g/mol. The van der Waals surface area contributed by atoms with Gasteiger partial charge in [-0.05, 0) is 12.0 Å². The summed E-state index contributed by atoms with van der Waals surface area (Å²) in [5.41, 5.74) is 6.14. The summed E-state index contributed by atoms with van der Waals surface area (Å²) in [7, 11) is 0. The number of aromatic nitrogens is 1. The fourth-order valence-corrected chi connectivity index (χ4v) is 1.88. The second kappa shape index (κ2) is 6.57. The molecular formula is C12H18ClN3O. The van der Waals surface area contributed by atoms with E-state index >= 15 is 0 Å². The Labute approximate surface area is 107 Å². The molecule has 1 heterocycles. The van der Waals surface area contributed by atoms with Crippen LogP contribution >= 0.6 is 11.6 Å². The van der Waals surface area contributed by atoms with Crippen molar-refractivity contribution in [1.29, 1.82) is 0 Å². The normalized spacial score (nSPS) is 11.1. The summed E-state index contributed by atoms with van der Waals surface area (Å²) < 4.78 is 0. The molecule has 5 heteroatoms. The average molecular weight is 256 g/mol. The Morgan fingerprint density at radius 2 is 2.29 bits per heavy atom. The van der Waals surface area contributed by atoms with Crippen LogP contribution in [0.15, 0.2) is 18.3 Å². The summed E-state index contributed by atoms with van der Waals surface area (Å²) in [5.74, 6) is 0.135. The average Bonchev–Trinajstić information content (AvgIpc) is 2.19. The largest absolute Gasteiger partial charge is 0.369 e. The first-order chi connectivity index (χ1) is 7.99. The van der Waals surface area contributed by atoms with Gasteiger partial charge in [0.05, 0.1) is 6.54 Å². The highest BCUT2D eigenvalue weighted by molar-refractivity contribution is 6.30. The van der Waals surface area contributed by atoms with Gasteiger partial charge in [0, 0.05) is 24.8 Å². The van der Waals surface area contributed by atoms with Gasteiger partial charge in [0.2, 0.25) is 5.91 Å². The molecule has 0 aliphatic rings. The van der Waals surface area contributed by atoms with Crippen LogP contribution in [-0.4, -0.2) is 28.9 Å². The molecule has 0 saturated heterocycles. The van der Waals surface area contributed by atoms with Gasteiger partial charge >= 0.3 is 0 Å². The van der Waals surface area contributed by atoms with Crippen molar-refractivity contribution in [3.05, 3.63) is 29.0 Å². The van der Waals surface area contributed by atoms with Gasteiger partial charge in [-0.25, -0.2) is 4.98 Å². The van der Waals surface area contributed by atoms with Gasteiger partial charge in [-0.15, -0.1) is 0 Å². The third kappa shape index (κ3) is 5.15. The van der Waals surface area contributed by atoms with Crippen LogP contribution in [0, 0.1) is 5.92 Å². The number of halogens is 1. The predicted molar refractivity (Wildman–Crippen MR) is 68.6 cm³/mol. The molecule has 4 nitrogen and oxygen atoms in total. The third-order valence-corrected chi connectivity index (χ3v) is 2.57. The highest BCUT2D eigenvalue weighted by Gasteiger charge is 2.12. The van der Waals surface area contributed by atoms with E-state index in [1.807, 2.05) is 17.0 Å². The van der Waals surface area contributed by atoms with Crippen LogP contribution in [0.1, 0.15) is 19.4 Å². The molecule has 1 aromatic rings. The number of primary amides is 1. The van der Waals surface area contributed by atoms with Gasteiger partial charge in [0.1, 0.15) is 5.15 Å². The minimum Gasteiger partial charge on any atom is -0.369 e. The number of pyridine rings is 1. The maximum atomic E-state index is 11.0.